The fourth-order valence-electron chi connectivity index (χ4n) is 2.24. The van der Waals surface area contributed by atoms with Gasteiger partial charge in [-0.05, 0) is 6.07 Å². The van der Waals surface area contributed by atoms with Crippen molar-refractivity contribution in [3.8, 4) is 0 Å². The zero-order valence-corrected chi connectivity index (χ0v) is 10.1. The van der Waals surface area contributed by atoms with Crippen molar-refractivity contribution in [1.29, 1.82) is 0 Å². The molecule has 3 rings (SSSR count). The third-order valence-electron chi connectivity index (χ3n) is 3.24. The van der Waals surface area contributed by atoms with E-state index in [1.165, 1.54) is 0 Å². The first-order chi connectivity index (χ1) is 8.84. The Bertz CT molecular complexity index is 557. The van der Waals surface area contributed by atoms with Gasteiger partial charge in [0.25, 0.3) is 0 Å². The van der Waals surface area contributed by atoms with E-state index in [4.69, 9.17) is 0 Å². The van der Waals surface area contributed by atoms with Crippen LogP contribution in [0.2, 0.25) is 0 Å². The Morgan fingerprint density at radius 3 is 2.83 bits per heavy atom. The smallest absolute Gasteiger partial charge is 0.321 e. The van der Waals surface area contributed by atoms with E-state index in [9.17, 15) is 4.79 Å². The zero-order valence-electron chi connectivity index (χ0n) is 10.1. The van der Waals surface area contributed by atoms with E-state index in [2.05, 4.69) is 15.6 Å². The molecule has 1 aromatic carbocycles. The molecule has 0 aliphatic carbocycles. The van der Waals surface area contributed by atoms with Gasteiger partial charge in [0.05, 0.1) is 5.69 Å². The maximum atomic E-state index is 12.1. The molecule has 1 aromatic heterocycles. The van der Waals surface area contributed by atoms with Crippen molar-refractivity contribution in [2.45, 2.75) is 0 Å². The molecule has 94 valence electrons. The van der Waals surface area contributed by atoms with E-state index in [1.807, 2.05) is 35.4 Å². The average Bonchev–Trinajstić information content (AvgIpc) is 2.83. The standard InChI is InChI=1S/C13H16N4O/c18-13(17-7-5-14-6-8-17)16-12-9-15-11-4-2-1-3-10(11)12/h1-4,9,14-15H,5-8H2,(H,16,18). The Balaban J connectivity index is 1.77. The second-order valence-corrected chi connectivity index (χ2v) is 4.42. The topological polar surface area (TPSA) is 60.2 Å². The van der Waals surface area contributed by atoms with Crippen LogP contribution in [0, 0.1) is 0 Å². The maximum Gasteiger partial charge on any atom is 0.321 e. The normalized spacial score (nSPS) is 15.9. The Labute approximate surface area is 105 Å². The first kappa shape index (κ1) is 11.1. The number of carbonyl (C=O) groups excluding carboxylic acids is 1. The molecular formula is C13H16N4O. The van der Waals surface area contributed by atoms with E-state index in [0.717, 1.165) is 42.8 Å². The van der Waals surface area contributed by atoms with Gasteiger partial charge in [-0.1, -0.05) is 18.2 Å². The monoisotopic (exact) mass is 244 g/mol. The number of aromatic amines is 1. The molecule has 0 atom stereocenters. The van der Waals surface area contributed by atoms with Gasteiger partial charge in [-0.25, -0.2) is 4.79 Å². The Morgan fingerprint density at radius 1 is 1.22 bits per heavy atom. The summed E-state index contributed by atoms with van der Waals surface area (Å²) in [5, 5.41) is 7.24. The van der Waals surface area contributed by atoms with Gasteiger partial charge in [-0.2, -0.15) is 0 Å². The van der Waals surface area contributed by atoms with Crippen LogP contribution in [0.25, 0.3) is 10.9 Å². The highest BCUT2D eigenvalue weighted by molar-refractivity contribution is 6.00. The van der Waals surface area contributed by atoms with Crippen molar-refractivity contribution in [2.24, 2.45) is 0 Å². The van der Waals surface area contributed by atoms with Crippen LogP contribution in [0.1, 0.15) is 0 Å². The molecule has 0 bridgehead atoms. The highest BCUT2D eigenvalue weighted by Crippen LogP contribution is 2.22. The van der Waals surface area contributed by atoms with Crippen LogP contribution >= 0.6 is 0 Å². The van der Waals surface area contributed by atoms with E-state index in [1.54, 1.807) is 0 Å². The number of urea groups is 1. The van der Waals surface area contributed by atoms with Crippen LogP contribution in [0.15, 0.2) is 30.5 Å². The number of aromatic nitrogens is 1. The summed E-state index contributed by atoms with van der Waals surface area (Å²) in [7, 11) is 0. The van der Waals surface area contributed by atoms with Gasteiger partial charge in [-0.15, -0.1) is 0 Å². The summed E-state index contributed by atoms with van der Waals surface area (Å²) in [6, 6.07) is 7.91. The van der Waals surface area contributed by atoms with E-state index in [0.29, 0.717) is 0 Å². The largest absolute Gasteiger partial charge is 0.359 e. The molecule has 0 radical (unpaired) electrons. The molecule has 0 saturated carbocycles. The molecule has 3 N–H and O–H groups in total. The second-order valence-electron chi connectivity index (χ2n) is 4.42. The number of rotatable bonds is 1. The average molecular weight is 244 g/mol. The van der Waals surface area contributed by atoms with Gasteiger partial charge < -0.3 is 20.5 Å². The summed E-state index contributed by atoms with van der Waals surface area (Å²) >= 11 is 0. The number of H-pyrrole nitrogens is 1. The quantitative estimate of drug-likeness (QED) is 0.713. The SMILES string of the molecule is O=C(Nc1c[nH]c2ccccc12)N1CCNCC1. The maximum absolute atomic E-state index is 12.1. The zero-order chi connectivity index (χ0) is 12.4. The molecule has 5 nitrogen and oxygen atoms in total. The van der Waals surface area contributed by atoms with Crippen molar-refractivity contribution in [2.75, 3.05) is 31.5 Å². The number of fused-ring (bicyclic) bond motifs is 1. The molecule has 1 aliphatic rings. The van der Waals surface area contributed by atoms with Gasteiger partial charge in [0.15, 0.2) is 0 Å². The first-order valence-corrected chi connectivity index (χ1v) is 6.17. The Kier molecular flexibility index (Phi) is 2.90. The molecule has 2 aromatic rings. The van der Waals surface area contributed by atoms with Crippen molar-refractivity contribution >= 4 is 22.6 Å². The summed E-state index contributed by atoms with van der Waals surface area (Å²) in [5.41, 5.74) is 1.88. The van der Waals surface area contributed by atoms with Gasteiger partial charge in [0, 0.05) is 43.3 Å². The second kappa shape index (κ2) is 4.70. The van der Waals surface area contributed by atoms with Crippen molar-refractivity contribution in [3.05, 3.63) is 30.5 Å². The molecule has 2 amide bonds. The third-order valence-corrected chi connectivity index (χ3v) is 3.24. The number of benzene rings is 1. The van der Waals surface area contributed by atoms with E-state index in [-0.39, 0.29) is 6.03 Å². The van der Waals surface area contributed by atoms with Crippen molar-refractivity contribution < 1.29 is 4.79 Å². The Hall–Kier alpha value is -2.01. The predicted molar refractivity (Wildman–Crippen MR) is 71.8 cm³/mol. The lowest BCUT2D eigenvalue weighted by atomic mass is 10.2. The van der Waals surface area contributed by atoms with Crippen molar-refractivity contribution in [1.82, 2.24) is 15.2 Å². The molecule has 0 spiro atoms. The molecule has 18 heavy (non-hydrogen) atoms. The summed E-state index contributed by atoms with van der Waals surface area (Å²) in [6.45, 7) is 3.24. The lowest BCUT2D eigenvalue weighted by molar-refractivity contribution is 0.204. The molecule has 1 saturated heterocycles. The molecule has 0 unspecified atom stereocenters. The fraction of sp³-hybridized carbons (Fsp3) is 0.308. The van der Waals surface area contributed by atoms with Crippen LogP contribution in [0.5, 0.6) is 0 Å². The van der Waals surface area contributed by atoms with Crippen LogP contribution in [0.4, 0.5) is 10.5 Å². The Morgan fingerprint density at radius 2 is 2.00 bits per heavy atom. The van der Waals surface area contributed by atoms with Crippen LogP contribution < -0.4 is 10.6 Å². The van der Waals surface area contributed by atoms with Gasteiger partial charge in [-0.3, -0.25) is 0 Å². The van der Waals surface area contributed by atoms with Gasteiger partial charge in [0.2, 0.25) is 0 Å². The van der Waals surface area contributed by atoms with Gasteiger partial charge in [0.1, 0.15) is 0 Å². The highest BCUT2D eigenvalue weighted by Gasteiger charge is 2.16. The summed E-state index contributed by atoms with van der Waals surface area (Å²) in [6.07, 6.45) is 1.84. The first-order valence-electron chi connectivity index (χ1n) is 6.17. The number of para-hydroxylation sites is 1. The molecule has 1 aliphatic heterocycles. The summed E-state index contributed by atoms with van der Waals surface area (Å²) in [5.74, 6) is 0. The van der Waals surface area contributed by atoms with Crippen LogP contribution in [-0.4, -0.2) is 42.1 Å². The highest BCUT2D eigenvalue weighted by atomic mass is 16.2. The fourth-order valence-corrected chi connectivity index (χ4v) is 2.24. The third kappa shape index (κ3) is 2.04. The number of hydrogen-bond acceptors (Lipinski definition) is 2. The minimum Gasteiger partial charge on any atom is -0.359 e. The molecule has 2 heterocycles. The summed E-state index contributed by atoms with van der Waals surface area (Å²) < 4.78 is 0. The minimum absolute atomic E-state index is 0.0266. The number of piperazine rings is 1. The number of amides is 2. The predicted octanol–water partition coefficient (Wildman–Crippen LogP) is 1.60. The minimum atomic E-state index is -0.0266. The van der Waals surface area contributed by atoms with Crippen molar-refractivity contribution in [3.63, 3.8) is 0 Å². The number of anilines is 1. The number of carbonyl (C=O) groups is 1. The molecule has 1 fully saturated rings. The number of nitrogens with zero attached hydrogens (tertiary/aromatic N) is 1. The lowest BCUT2D eigenvalue weighted by Gasteiger charge is -2.27. The van der Waals surface area contributed by atoms with E-state index >= 15 is 0 Å². The van der Waals surface area contributed by atoms with Gasteiger partial charge >= 0.3 is 6.03 Å². The van der Waals surface area contributed by atoms with Crippen LogP contribution in [0.3, 0.4) is 0 Å². The molecular weight excluding hydrogens is 228 g/mol. The van der Waals surface area contributed by atoms with Crippen LogP contribution in [-0.2, 0) is 0 Å². The number of hydrogen-bond donors (Lipinski definition) is 3. The summed E-state index contributed by atoms with van der Waals surface area (Å²) in [4.78, 5) is 17.1. The number of nitrogens with one attached hydrogen (secondary N) is 3. The lowest BCUT2D eigenvalue weighted by Crippen LogP contribution is -2.48. The molecule has 5 heteroatoms. The van der Waals surface area contributed by atoms with E-state index < -0.39 is 0 Å².